The molecule has 1 amide bonds. The Balaban J connectivity index is 1.83. The maximum absolute atomic E-state index is 13.9. The van der Waals surface area contributed by atoms with Gasteiger partial charge in [-0.3, -0.25) is 14.5 Å². The monoisotopic (exact) mass is 407 g/mol. The summed E-state index contributed by atoms with van der Waals surface area (Å²) >= 11 is 0. The molecular formula is C25H26FNO3. The minimum absolute atomic E-state index is 0.0639. The van der Waals surface area contributed by atoms with E-state index in [0.29, 0.717) is 36.4 Å². The SMILES string of the molecule is CCOc1ccc(C2CC(=O)N(c3cccc(F)c3)C3=C2C(=O)CC(C)(C)C3)cc1. The van der Waals surface area contributed by atoms with E-state index in [1.165, 1.54) is 12.1 Å². The van der Waals surface area contributed by atoms with Crippen LogP contribution < -0.4 is 9.64 Å². The molecule has 0 radical (unpaired) electrons. The number of halogens is 1. The van der Waals surface area contributed by atoms with Crippen LogP contribution in [-0.4, -0.2) is 18.3 Å². The molecule has 4 nitrogen and oxygen atoms in total. The number of ketones is 1. The van der Waals surface area contributed by atoms with Gasteiger partial charge in [0.05, 0.1) is 12.3 Å². The third kappa shape index (κ3) is 3.76. The number of amides is 1. The summed E-state index contributed by atoms with van der Waals surface area (Å²) < 4.78 is 19.4. The van der Waals surface area contributed by atoms with Crippen molar-refractivity contribution in [3.8, 4) is 5.75 Å². The molecule has 1 unspecified atom stereocenters. The highest BCUT2D eigenvalue weighted by Crippen LogP contribution is 2.48. The van der Waals surface area contributed by atoms with Crippen molar-refractivity contribution in [2.45, 2.75) is 46.0 Å². The zero-order valence-corrected chi connectivity index (χ0v) is 17.6. The number of benzene rings is 2. The molecule has 0 fully saturated rings. The number of hydrogen-bond acceptors (Lipinski definition) is 3. The highest BCUT2D eigenvalue weighted by molar-refractivity contribution is 6.07. The summed E-state index contributed by atoms with van der Waals surface area (Å²) in [7, 11) is 0. The van der Waals surface area contributed by atoms with E-state index >= 15 is 0 Å². The van der Waals surface area contributed by atoms with E-state index in [2.05, 4.69) is 0 Å². The van der Waals surface area contributed by atoms with Crippen molar-refractivity contribution in [1.82, 2.24) is 0 Å². The van der Waals surface area contributed by atoms with E-state index in [1.807, 2.05) is 45.0 Å². The maximum atomic E-state index is 13.9. The number of carbonyl (C=O) groups excluding carboxylic acids is 2. The van der Waals surface area contributed by atoms with E-state index in [9.17, 15) is 14.0 Å². The molecule has 0 bridgehead atoms. The zero-order chi connectivity index (χ0) is 21.5. The topological polar surface area (TPSA) is 46.6 Å². The molecule has 4 rings (SSSR count). The molecule has 1 aliphatic heterocycles. The third-order valence-electron chi connectivity index (χ3n) is 5.80. The number of allylic oxidation sites excluding steroid dienone is 2. The molecule has 2 aromatic carbocycles. The van der Waals surface area contributed by atoms with Crippen molar-refractivity contribution < 1.29 is 18.7 Å². The first-order valence-corrected chi connectivity index (χ1v) is 10.4. The van der Waals surface area contributed by atoms with Gasteiger partial charge in [-0.25, -0.2) is 4.39 Å². The summed E-state index contributed by atoms with van der Waals surface area (Å²) in [4.78, 5) is 28.1. The van der Waals surface area contributed by atoms with Crippen LogP contribution in [0.4, 0.5) is 10.1 Å². The summed E-state index contributed by atoms with van der Waals surface area (Å²) in [6.45, 7) is 6.56. The van der Waals surface area contributed by atoms with Crippen molar-refractivity contribution in [3.05, 3.63) is 71.2 Å². The van der Waals surface area contributed by atoms with Gasteiger partial charge in [0, 0.05) is 30.0 Å². The normalized spacial score (nSPS) is 20.9. The average Bonchev–Trinajstić information content (AvgIpc) is 2.67. The number of nitrogens with zero attached hydrogens (tertiary/aromatic N) is 1. The summed E-state index contributed by atoms with van der Waals surface area (Å²) in [5.41, 5.74) is 2.52. The number of hydrogen-bond donors (Lipinski definition) is 0. The lowest BCUT2D eigenvalue weighted by molar-refractivity contribution is -0.121. The first-order chi connectivity index (χ1) is 14.3. The molecule has 1 aliphatic carbocycles. The van der Waals surface area contributed by atoms with Crippen molar-refractivity contribution in [1.29, 1.82) is 0 Å². The van der Waals surface area contributed by atoms with E-state index in [4.69, 9.17) is 4.74 Å². The van der Waals surface area contributed by atoms with Gasteiger partial charge in [-0.1, -0.05) is 32.0 Å². The summed E-state index contributed by atoms with van der Waals surface area (Å²) in [5, 5.41) is 0. The van der Waals surface area contributed by atoms with Crippen LogP contribution in [0, 0.1) is 11.2 Å². The summed E-state index contributed by atoms with van der Waals surface area (Å²) in [5.74, 6) is 0.00178. The van der Waals surface area contributed by atoms with Crippen LogP contribution in [0.3, 0.4) is 0 Å². The van der Waals surface area contributed by atoms with E-state index < -0.39 is 5.82 Å². The Labute approximate surface area is 176 Å². The van der Waals surface area contributed by atoms with Gasteiger partial charge in [0.1, 0.15) is 11.6 Å². The zero-order valence-electron chi connectivity index (χ0n) is 17.6. The van der Waals surface area contributed by atoms with Gasteiger partial charge >= 0.3 is 0 Å². The molecule has 30 heavy (non-hydrogen) atoms. The second-order valence-electron chi connectivity index (χ2n) is 8.77. The van der Waals surface area contributed by atoms with Gasteiger partial charge in [0.25, 0.3) is 0 Å². The lowest BCUT2D eigenvalue weighted by Gasteiger charge is -2.43. The van der Waals surface area contributed by atoms with Crippen molar-refractivity contribution in [2.24, 2.45) is 5.41 Å². The van der Waals surface area contributed by atoms with Crippen LogP contribution in [0.25, 0.3) is 0 Å². The van der Waals surface area contributed by atoms with Crippen molar-refractivity contribution in [2.75, 3.05) is 11.5 Å². The average molecular weight is 407 g/mol. The highest BCUT2D eigenvalue weighted by atomic mass is 19.1. The lowest BCUT2D eigenvalue weighted by Crippen LogP contribution is -2.43. The number of Topliss-reactive ketones (excluding diaryl/α,β-unsaturated/α-hetero) is 1. The van der Waals surface area contributed by atoms with Crippen LogP contribution in [0.2, 0.25) is 0 Å². The third-order valence-corrected chi connectivity index (χ3v) is 5.80. The molecule has 5 heteroatoms. The predicted octanol–water partition coefficient (Wildman–Crippen LogP) is 5.39. The Kier molecular flexibility index (Phi) is 5.22. The molecular weight excluding hydrogens is 381 g/mol. The van der Waals surface area contributed by atoms with E-state index in [-0.39, 0.29) is 29.4 Å². The number of carbonyl (C=O) groups is 2. The molecule has 0 spiro atoms. The van der Waals surface area contributed by atoms with Gasteiger partial charge < -0.3 is 4.74 Å². The van der Waals surface area contributed by atoms with Gasteiger partial charge in [-0.05, 0) is 54.7 Å². The fraction of sp³-hybridized carbons (Fsp3) is 0.360. The Bertz CT molecular complexity index is 1020. The first kappa shape index (κ1) is 20.3. The fourth-order valence-corrected chi connectivity index (χ4v) is 4.58. The summed E-state index contributed by atoms with van der Waals surface area (Å²) in [6.07, 6.45) is 1.20. The Morgan fingerprint density at radius 1 is 1.10 bits per heavy atom. The second kappa shape index (κ2) is 7.71. The van der Waals surface area contributed by atoms with Crippen LogP contribution in [0.5, 0.6) is 5.75 Å². The Morgan fingerprint density at radius 3 is 2.50 bits per heavy atom. The second-order valence-corrected chi connectivity index (χ2v) is 8.77. The molecule has 2 aromatic rings. The van der Waals surface area contributed by atoms with Crippen molar-refractivity contribution in [3.63, 3.8) is 0 Å². The number of rotatable bonds is 4. The van der Waals surface area contributed by atoms with Gasteiger partial charge in [0.15, 0.2) is 5.78 Å². The Hall–Kier alpha value is -2.95. The number of ether oxygens (including phenoxy) is 1. The number of anilines is 1. The lowest BCUT2D eigenvalue weighted by atomic mass is 9.69. The quantitative estimate of drug-likeness (QED) is 0.683. The molecule has 2 aliphatic rings. The molecule has 1 heterocycles. The minimum Gasteiger partial charge on any atom is -0.494 e. The smallest absolute Gasteiger partial charge is 0.232 e. The van der Waals surface area contributed by atoms with Crippen molar-refractivity contribution >= 4 is 17.4 Å². The summed E-state index contributed by atoms with van der Waals surface area (Å²) in [6, 6.07) is 13.6. The Morgan fingerprint density at radius 2 is 1.83 bits per heavy atom. The van der Waals surface area contributed by atoms with E-state index in [0.717, 1.165) is 11.3 Å². The maximum Gasteiger partial charge on any atom is 0.232 e. The standard InChI is InChI=1S/C25H26FNO3/c1-4-30-19-10-8-16(9-11-19)20-13-23(29)27(18-7-5-6-17(26)12-18)21-14-25(2,3)15-22(28)24(20)21/h5-12,20H,4,13-15H2,1-3H3. The molecule has 0 N–H and O–H groups in total. The minimum atomic E-state index is -0.405. The van der Waals surface area contributed by atoms with Crippen LogP contribution in [0.15, 0.2) is 59.8 Å². The van der Waals surface area contributed by atoms with Gasteiger partial charge in [-0.2, -0.15) is 0 Å². The van der Waals surface area contributed by atoms with E-state index in [1.54, 1.807) is 17.0 Å². The highest BCUT2D eigenvalue weighted by Gasteiger charge is 2.44. The first-order valence-electron chi connectivity index (χ1n) is 10.4. The van der Waals surface area contributed by atoms with Crippen LogP contribution in [0.1, 0.15) is 51.5 Å². The molecule has 0 aromatic heterocycles. The molecule has 0 saturated carbocycles. The van der Waals surface area contributed by atoms with Crippen LogP contribution >= 0.6 is 0 Å². The molecule has 1 atom stereocenters. The van der Waals surface area contributed by atoms with Gasteiger partial charge in [-0.15, -0.1) is 0 Å². The fourth-order valence-electron chi connectivity index (χ4n) is 4.58. The van der Waals surface area contributed by atoms with Crippen LogP contribution in [-0.2, 0) is 9.59 Å². The van der Waals surface area contributed by atoms with Gasteiger partial charge in [0.2, 0.25) is 5.91 Å². The predicted molar refractivity (Wildman–Crippen MR) is 114 cm³/mol. The molecule has 0 saturated heterocycles. The largest absolute Gasteiger partial charge is 0.494 e. The molecule has 156 valence electrons.